The Morgan fingerprint density at radius 2 is 2.00 bits per heavy atom. The van der Waals surface area contributed by atoms with Gasteiger partial charge in [-0.25, -0.2) is 0 Å². The lowest BCUT2D eigenvalue weighted by atomic mass is 10.1. The quantitative estimate of drug-likeness (QED) is 0.735. The second kappa shape index (κ2) is 4.84. The van der Waals surface area contributed by atoms with Gasteiger partial charge in [0, 0.05) is 19.8 Å². The van der Waals surface area contributed by atoms with Gasteiger partial charge >= 0.3 is 0 Å². The number of hydrogen-bond donors (Lipinski definition) is 2. The van der Waals surface area contributed by atoms with Gasteiger partial charge in [0.05, 0.1) is 12.6 Å². The maximum Gasteiger partial charge on any atom is 0.0655 e. The highest BCUT2D eigenvalue weighted by molar-refractivity contribution is 5.44. The Morgan fingerprint density at radius 3 is 2.46 bits per heavy atom. The fourth-order valence-corrected chi connectivity index (χ4v) is 1.17. The highest BCUT2D eigenvalue weighted by Crippen LogP contribution is 2.14. The lowest BCUT2D eigenvalue weighted by molar-refractivity contribution is 0.181. The molecule has 1 aromatic rings. The summed E-state index contributed by atoms with van der Waals surface area (Å²) in [6, 6.07) is 8.00. The third kappa shape index (κ3) is 2.72. The summed E-state index contributed by atoms with van der Waals surface area (Å²) in [5.41, 5.74) is 8.04. The van der Waals surface area contributed by atoms with Gasteiger partial charge in [-0.05, 0) is 17.7 Å². The first-order chi connectivity index (χ1) is 6.27. The van der Waals surface area contributed by atoms with E-state index in [0.717, 1.165) is 11.3 Å². The fraction of sp³-hybridized carbons (Fsp3) is 0.400. The number of ether oxygens (including phenoxy) is 1. The van der Waals surface area contributed by atoms with Crippen molar-refractivity contribution in [2.24, 2.45) is 5.73 Å². The molecule has 13 heavy (non-hydrogen) atoms. The van der Waals surface area contributed by atoms with Crippen LogP contribution in [0.15, 0.2) is 24.3 Å². The zero-order valence-electron chi connectivity index (χ0n) is 8.08. The van der Waals surface area contributed by atoms with Crippen molar-refractivity contribution in [3.05, 3.63) is 29.8 Å². The molecule has 0 aliphatic carbocycles. The maximum absolute atomic E-state index is 5.85. The van der Waals surface area contributed by atoms with Gasteiger partial charge in [-0.15, -0.1) is 0 Å². The van der Waals surface area contributed by atoms with Crippen molar-refractivity contribution in [1.82, 2.24) is 0 Å². The van der Waals surface area contributed by atoms with E-state index in [9.17, 15) is 0 Å². The monoisotopic (exact) mass is 180 g/mol. The SMILES string of the molecule is CNc1ccc([C@H](N)COC)cc1. The molecule has 1 rings (SSSR count). The molecule has 0 aromatic heterocycles. The van der Waals surface area contributed by atoms with Gasteiger partial charge < -0.3 is 15.8 Å². The molecule has 0 radical (unpaired) electrons. The highest BCUT2D eigenvalue weighted by atomic mass is 16.5. The van der Waals surface area contributed by atoms with Crippen LogP contribution in [0, 0.1) is 0 Å². The van der Waals surface area contributed by atoms with E-state index in [4.69, 9.17) is 10.5 Å². The molecule has 0 heterocycles. The Kier molecular flexibility index (Phi) is 3.73. The largest absolute Gasteiger partial charge is 0.388 e. The summed E-state index contributed by atoms with van der Waals surface area (Å²) >= 11 is 0. The van der Waals surface area contributed by atoms with Crippen LogP contribution in [0.3, 0.4) is 0 Å². The Bertz CT molecular complexity index is 246. The van der Waals surface area contributed by atoms with Crippen molar-refractivity contribution in [2.75, 3.05) is 26.1 Å². The average molecular weight is 180 g/mol. The molecular weight excluding hydrogens is 164 g/mol. The molecule has 1 atom stereocenters. The molecule has 0 aliphatic rings. The van der Waals surface area contributed by atoms with E-state index >= 15 is 0 Å². The molecule has 0 aliphatic heterocycles. The summed E-state index contributed by atoms with van der Waals surface area (Å²) in [6.07, 6.45) is 0. The van der Waals surface area contributed by atoms with Crippen LogP contribution in [0.2, 0.25) is 0 Å². The molecule has 3 nitrogen and oxygen atoms in total. The topological polar surface area (TPSA) is 47.3 Å². The third-order valence-corrected chi connectivity index (χ3v) is 1.97. The van der Waals surface area contributed by atoms with Crippen LogP contribution in [0.4, 0.5) is 5.69 Å². The van der Waals surface area contributed by atoms with Crippen LogP contribution in [0.1, 0.15) is 11.6 Å². The Hall–Kier alpha value is -1.06. The Labute approximate surface area is 78.9 Å². The molecule has 72 valence electrons. The molecular formula is C10H16N2O. The zero-order valence-corrected chi connectivity index (χ0v) is 8.08. The van der Waals surface area contributed by atoms with E-state index in [2.05, 4.69) is 5.32 Å². The normalized spacial score (nSPS) is 12.5. The number of hydrogen-bond acceptors (Lipinski definition) is 3. The van der Waals surface area contributed by atoms with Gasteiger partial charge in [0.2, 0.25) is 0 Å². The molecule has 1 aromatic carbocycles. The standard InChI is InChI=1S/C10H16N2O/c1-12-9-5-3-8(4-6-9)10(11)7-13-2/h3-6,10,12H,7,11H2,1-2H3/t10-/m1/s1. The molecule has 3 heteroatoms. The van der Waals surface area contributed by atoms with Crippen molar-refractivity contribution < 1.29 is 4.74 Å². The molecule has 0 unspecified atom stereocenters. The minimum absolute atomic E-state index is 0.0316. The van der Waals surface area contributed by atoms with Gasteiger partial charge in [-0.1, -0.05) is 12.1 Å². The first-order valence-electron chi connectivity index (χ1n) is 4.30. The maximum atomic E-state index is 5.85. The van der Waals surface area contributed by atoms with Crippen LogP contribution in [-0.4, -0.2) is 20.8 Å². The van der Waals surface area contributed by atoms with Crippen molar-refractivity contribution in [1.29, 1.82) is 0 Å². The van der Waals surface area contributed by atoms with Crippen molar-refractivity contribution in [2.45, 2.75) is 6.04 Å². The lowest BCUT2D eigenvalue weighted by Gasteiger charge is -2.11. The summed E-state index contributed by atoms with van der Waals surface area (Å²) in [4.78, 5) is 0. The molecule has 0 spiro atoms. The fourth-order valence-electron chi connectivity index (χ4n) is 1.17. The lowest BCUT2D eigenvalue weighted by Crippen LogP contribution is -2.15. The Balaban J connectivity index is 2.67. The second-order valence-electron chi connectivity index (χ2n) is 2.93. The minimum Gasteiger partial charge on any atom is -0.388 e. The summed E-state index contributed by atoms with van der Waals surface area (Å²) in [6.45, 7) is 0.554. The van der Waals surface area contributed by atoms with Gasteiger partial charge in [-0.2, -0.15) is 0 Å². The van der Waals surface area contributed by atoms with Crippen LogP contribution in [0.5, 0.6) is 0 Å². The van der Waals surface area contributed by atoms with Crippen LogP contribution in [-0.2, 0) is 4.74 Å². The first-order valence-corrected chi connectivity index (χ1v) is 4.30. The molecule has 0 saturated heterocycles. The number of nitrogens with two attached hydrogens (primary N) is 1. The molecule has 0 fully saturated rings. The number of rotatable bonds is 4. The van der Waals surface area contributed by atoms with E-state index in [1.165, 1.54) is 0 Å². The Morgan fingerprint density at radius 1 is 1.38 bits per heavy atom. The molecule has 0 bridgehead atoms. The van der Waals surface area contributed by atoms with Crippen molar-refractivity contribution >= 4 is 5.69 Å². The predicted octanol–water partition coefficient (Wildman–Crippen LogP) is 1.37. The predicted molar refractivity (Wildman–Crippen MR) is 54.8 cm³/mol. The summed E-state index contributed by atoms with van der Waals surface area (Å²) in [5.74, 6) is 0. The van der Waals surface area contributed by atoms with Crippen LogP contribution >= 0.6 is 0 Å². The van der Waals surface area contributed by atoms with E-state index in [1.54, 1.807) is 7.11 Å². The molecule has 0 amide bonds. The molecule has 3 N–H and O–H groups in total. The number of benzene rings is 1. The minimum atomic E-state index is -0.0316. The van der Waals surface area contributed by atoms with E-state index in [-0.39, 0.29) is 6.04 Å². The van der Waals surface area contributed by atoms with E-state index in [0.29, 0.717) is 6.61 Å². The highest BCUT2D eigenvalue weighted by Gasteiger charge is 2.03. The summed E-state index contributed by atoms with van der Waals surface area (Å²) in [7, 11) is 3.55. The van der Waals surface area contributed by atoms with Crippen molar-refractivity contribution in [3.8, 4) is 0 Å². The van der Waals surface area contributed by atoms with Crippen molar-refractivity contribution in [3.63, 3.8) is 0 Å². The smallest absolute Gasteiger partial charge is 0.0655 e. The van der Waals surface area contributed by atoms with E-state index in [1.807, 2.05) is 31.3 Å². The third-order valence-electron chi connectivity index (χ3n) is 1.97. The zero-order chi connectivity index (χ0) is 9.68. The van der Waals surface area contributed by atoms with E-state index < -0.39 is 0 Å². The van der Waals surface area contributed by atoms with Gasteiger partial charge in [0.15, 0.2) is 0 Å². The van der Waals surface area contributed by atoms with Crippen LogP contribution in [0.25, 0.3) is 0 Å². The van der Waals surface area contributed by atoms with Crippen LogP contribution < -0.4 is 11.1 Å². The molecule has 0 saturated carbocycles. The number of anilines is 1. The summed E-state index contributed by atoms with van der Waals surface area (Å²) in [5, 5.41) is 3.05. The number of methoxy groups -OCH3 is 1. The van der Waals surface area contributed by atoms with Gasteiger partial charge in [0.1, 0.15) is 0 Å². The first kappa shape index (κ1) is 10.0. The van der Waals surface area contributed by atoms with Gasteiger partial charge in [-0.3, -0.25) is 0 Å². The second-order valence-corrected chi connectivity index (χ2v) is 2.93. The average Bonchev–Trinajstić information content (AvgIpc) is 2.18. The summed E-state index contributed by atoms with van der Waals surface area (Å²) < 4.78 is 4.97. The number of nitrogens with one attached hydrogen (secondary N) is 1. The van der Waals surface area contributed by atoms with Gasteiger partial charge in [0.25, 0.3) is 0 Å².